The summed E-state index contributed by atoms with van der Waals surface area (Å²) in [6, 6.07) is 7.94. The van der Waals surface area contributed by atoms with Gasteiger partial charge in [-0.3, -0.25) is 15.0 Å². The molecule has 8 nitrogen and oxygen atoms in total. The van der Waals surface area contributed by atoms with Crippen LogP contribution in [0.5, 0.6) is 0 Å². The molecule has 0 aliphatic carbocycles. The summed E-state index contributed by atoms with van der Waals surface area (Å²) in [4.78, 5) is 15.7. The van der Waals surface area contributed by atoms with Gasteiger partial charge in [0.2, 0.25) is 0 Å². The SMILES string of the molecule is CN(O)C(=O)Cn1nc(-c2ccc(S(C)(=O)=O)cc2)c(-c2ccncc2)c1C(F)(F)F. The van der Waals surface area contributed by atoms with E-state index in [1.165, 1.54) is 48.8 Å². The molecule has 164 valence electrons. The molecular formula is C19H17F3N4O4S. The number of hydrogen-bond donors (Lipinski definition) is 1. The molecule has 0 aliphatic rings. The zero-order chi connectivity index (χ0) is 23.0. The zero-order valence-electron chi connectivity index (χ0n) is 16.3. The van der Waals surface area contributed by atoms with Crippen molar-refractivity contribution in [3.8, 4) is 22.4 Å². The van der Waals surface area contributed by atoms with Gasteiger partial charge in [-0.2, -0.15) is 18.3 Å². The predicted octanol–water partition coefficient (Wildman–Crippen LogP) is 2.88. The van der Waals surface area contributed by atoms with E-state index in [0.29, 0.717) is 4.68 Å². The number of hydroxylamine groups is 2. The number of alkyl halides is 3. The van der Waals surface area contributed by atoms with Crippen LogP contribution in [0.15, 0.2) is 53.7 Å². The fourth-order valence-corrected chi connectivity index (χ4v) is 3.58. The minimum Gasteiger partial charge on any atom is -0.286 e. The monoisotopic (exact) mass is 454 g/mol. The highest BCUT2D eigenvalue weighted by atomic mass is 32.2. The summed E-state index contributed by atoms with van der Waals surface area (Å²) in [7, 11) is -2.51. The van der Waals surface area contributed by atoms with Crippen LogP contribution in [0.25, 0.3) is 22.4 Å². The molecule has 1 amide bonds. The number of carbonyl (C=O) groups is 1. The van der Waals surface area contributed by atoms with Crippen LogP contribution in [0, 0.1) is 0 Å². The Balaban J connectivity index is 2.29. The third-order valence-corrected chi connectivity index (χ3v) is 5.52. The van der Waals surface area contributed by atoms with Crippen LogP contribution in [0.1, 0.15) is 5.69 Å². The molecule has 0 aliphatic heterocycles. The molecule has 1 aromatic carbocycles. The summed E-state index contributed by atoms with van der Waals surface area (Å²) < 4.78 is 66.0. The van der Waals surface area contributed by atoms with E-state index in [1.54, 1.807) is 0 Å². The maximum Gasteiger partial charge on any atom is 0.433 e. The lowest BCUT2D eigenvalue weighted by atomic mass is 9.99. The van der Waals surface area contributed by atoms with Gasteiger partial charge in [0, 0.05) is 36.8 Å². The Morgan fingerprint density at radius 1 is 1.10 bits per heavy atom. The summed E-state index contributed by atoms with van der Waals surface area (Å²) >= 11 is 0. The molecule has 0 saturated heterocycles. The molecule has 0 fully saturated rings. The van der Waals surface area contributed by atoms with E-state index in [2.05, 4.69) is 10.1 Å². The number of hydrogen-bond acceptors (Lipinski definition) is 6. The van der Waals surface area contributed by atoms with E-state index in [4.69, 9.17) is 0 Å². The topological polar surface area (TPSA) is 105 Å². The number of sulfone groups is 1. The number of carbonyl (C=O) groups excluding carboxylic acids is 1. The van der Waals surface area contributed by atoms with Gasteiger partial charge < -0.3 is 0 Å². The molecular weight excluding hydrogens is 437 g/mol. The van der Waals surface area contributed by atoms with E-state index in [0.717, 1.165) is 13.3 Å². The van der Waals surface area contributed by atoms with Crippen molar-refractivity contribution in [2.45, 2.75) is 17.6 Å². The van der Waals surface area contributed by atoms with Crippen LogP contribution < -0.4 is 0 Å². The number of amides is 1. The summed E-state index contributed by atoms with van der Waals surface area (Å²) in [5.41, 5.74) is -1.22. The van der Waals surface area contributed by atoms with E-state index >= 15 is 0 Å². The normalized spacial score (nSPS) is 12.1. The number of rotatable bonds is 5. The molecule has 0 spiro atoms. The smallest absolute Gasteiger partial charge is 0.286 e. The van der Waals surface area contributed by atoms with Crippen molar-refractivity contribution in [1.29, 1.82) is 0 Å². The van der Waals surface area contributed by atoms with Crippen LogP contribution in [-0.4, -0.2) is 52.7 Å². The lowest BCUT2D eigenvalue weighted by Crippen LogP contribution is -2.29. The second kappa shape index (κ2) is 8.12. The van der Waals surface area contributed by atoms with E-state index < -0.39 is 34.2 Å². The first-order chi connectivity index (χ1) is 14.4. The van der Waals surface area contributed by atoms with Gasteiger partial charge in [-0.15, -0.1) is 0 Å². The first-order valence-electron chi connectivity index (χ1n) is 8.74. The fraction of sp³-hybridized carbons (Fsp3) is 0.211. The first-order valence-corrected chi connectivity index (χ1v) is 10.6. The van der Waals surface area contributed by atoms with Gasteiger partial charge in [-0.05, 0) is 29.8 Å². The Morgan fingerprint density at radius 2 is 1.68 bits per heavy atom. The van der Waals surface area contributed by atoms with Gasteiger partial charge in [0.05, 0.1) is 4.90 Å². The molecule has 2 aromatic heterocycles. The van der Waals surface area contributed by atoms with E-state index in [9.17, 15) is 31.6 Å². The average molecular weight is 454 g/mol. The number of nitrogens with zero attached hydrogens (tertiary/aromatic N) is 4. The minimum atomic E-state index is -4.88. The summed E-state index contributed by atoms with van der Waals surface area (Å²) in [6.45, 7) is -0.860. The molecule has 0 saturated carbocycles. The molecule has 31 heavy (non-hydrogen) atoms. The molecule has 1 N–H and O–H groups in total. The largest absolute Gasteiger partial charge is 0.433 e. The number of likely N-dealkylation sites (N-methyl/N-ethyl adjacent to an activating group) is 1. The third kappa shape index (κ3) is 4.75. The van der Waals surface area contributed by atoms with Gasteiger partial charge in [0.25, 0.3) is 5.91 Å². The standard InChI is InChI=1S/C19H17F3N4O4S/c1-25(28)15(27)11-26-18(19(20,21)22)16(12-7-9-23-10-8-12)17(24-26)13-3-5-14(6-4-13)31(2,29)30/h3-10,28H,11H2,1-2H3. The maximum absolute atomic E-state index is 14.1. The summed E-state index contributed by atoms with van der Waals surface area (Å²) in [6.07, 6.45) is -1.24. The van der Waals surface area contributed by atoms with Crippen LogP contribution in [0.3, 0.4) is 0 Å². The Kier molecular flexibility index (Phi) is 5.87. The van der Waals surface area contributed by atoms with E-state index in [-0.39, 0.29) is 32.3 Å². The van der Waals surface area contributed by atoms with Gasteiger partial charge in [-0.1, -0.05) is 12.1 Å². The highest BCUT2D eigenvalue weighted by Crippen LogP contribution is 2.42. The van der Waals surface area contributed by atoms with Gasteiger partial charge in [0.15, 0.2) is 15.5 Å². The number of halogens is 3. The number of benzene rings is 1. The van der Waals surface area contributed by atoms with Gasteiger partial charge in [-0.25, -0.2) is 18.2 Å². The highest BCUT2D eigenvalue weighted by Gasteiger charge is 2.41. The quantitative estimate of drug-likeness (QED) is 0.470. The lowest BCUT2D eigenvalue weighted by Gasteiger charge is -2.14. The molecule has 0 bridgehead atoms. The molecule has 12 heteroatoms. The van der Waals surface area contributed by atoms with Crippen molar-refractivity contribution in [2.75, 3.05) is 13.3 Å². The Morgan fingerprint density at radius 3 is 2.16 bits per heavy atom. The van der Waals surface area contributed by atoms with Crippen LogP contribution in [0.2, 0.25) is 0 Å². The Labute approximate surface area is 175 Å². The Hall–Kier alpha value is -3.25. The van der Waals surface area contributed by atoms with Crippen molar-refractivity contribution in [2.24, 2.45) is 0 Å². The molecule has 3 aromatic rings. The molecule has 0 atom stereocenters. The molecule has 2 heterocycles. The summed E-state index contributed by atoms with van der Waals surface area (Å²) in [5, 5.41) is 13.5. The minimum absolute atomic E-state index is 0.00530. The lowest BCUT2D eigenvalue weighted by molar-refractivity contribution is -0.162. The van der Waals surface area contributed by atoms with Crippen molar-refractivity contribution in [1.82, 2.24) is 19.8 Å². The second-order valence-electron chi connectivity index (χ2n) is 6.68. The van der Waals surface area contributed by atoms with Crippen LogP contribution >= 0.6 is 0 Å². The second-order valence-corrected chi connectivity index (χ2v) is 8.69. The van der Waals surface area contributed by atoms with Crippen LogP contribution in [0.4, 0.5) is 13.2 Å². The van der Waals surface area contributed by atoms with Gasteiger partial charge >= 0.3 is 6.18 Å². The average Bonchev–Trinajstić information content (AvgIpc) is 3.07. The van der Waals surface area contributed by atoms with E-state index in [1.807, 2.05) is 0 Å². The zero-order valence-corrected chi connectivity index (χ0v) is 17.1. The Bertz CT molecular complexity index is 1210. The van der Waals surface area contributed by atoms with Crippen molar-refractivity contribution in [3.05, 3.63) is 54.5 Å². The number of pyridine rings is 1. The first kappa shape index (κ1) is 22.4. The molecule has 0 unspecified atom stereocenters. The molecule has 0 radical (unpaired) electrons. The van der Waals surface area contributed by atoms with Crippen molar-refractivity contribution >= 4 is 15.7 Å². The highest BCUT2D eigenvalue weighted by molar-refractivity contribution is 7.90. The van der Waals surface area contributed by atoms with Crippen LogP contribution in [-0.2, 0) is 27.4 Å². The molecule has 3 rings (SSSR count). The van der Waals surface area contributed by atoms with Crippen molar-refractivity contribution in [3.63, 3.8) is 0 Å². The van der Waals surface area contributed by atoms with Crippen molar-refractivity contribution < 1.29 is 31.6 Å². The fourth-order valence-electron chi connectivity index (χ4n) is 2.95. The van der Waals surface area contributed by atoms with Gasteiger partial charge in [0.1, 0.15) is 12.2 Å². The summed E-state index contributed by atoms with van der Waals surface area (Å²) in [5.74, 6) is -1.01. The predicted molar refractivity (Wildman–Crippen MR) is 104 cm³/mol. The third-order valence-electron chi connectivity index (χ3n) is 4.39. The number of aromatic nitrogens is 3. The maximum atomic E-state index is 14.1.